The smallest absolute Gasteiger partial charge is 0.226 e. The number of hydrogen-bond acceptors (Lipinski definition) is 5. The Labute approximate surface area is 81.3 Å². The van der Waals surface area contributed by atoms with Gasteiger partial charge in [-0.1, -0.05) is 5.16 Å². The highest BCUT2D eigenvalue weighted by Crippen LogP contribution is 2.25. The van der Waals surface area contributed by atoms with Crippen LogP contribution < -0.4 is 5.73 Å². The van der Waals surface area contributed by atoms with E-state index in [1.165, 1.54) is 17.9 Å². The van der Waals surface area contributed by atoms with Crippen molar-refractivity contribution in [1.29, 1.82) is 0 Å². The standard InChI is InChI=1S/C8H13N3OS/c9-4-7-10-8(12-11-7)3-6-1-2-13-5-6/h6H,1-5,9H2. The number of nitrogens with two attached hydrogens (primary N) is 1. The third-order valence-corrected chi connectivity index (χ3v) is 3.41. The predicted octanol–water partition coefficient (Wildman–Crippen LogP) is 0.824. The zero-order valence-corrected chi connectivity index (χ0v) is 8.22. The van der Waals surface area contributed by atoms with Gasteiger partial charge in [-0.2, -0.15) is 16.7 Å². The summed E-state index contributed by atoms with van der Waals surface area (Å²) in [5, 5.41) is 3.76. The molecule has 0 aliphatic carbocycles. The molecular weight excluding hydrogens is 186 g/mol. The van der Waals surface area contributed by atoms with E-state index in [-0.39, 0.29) is 0 Å². The van der Waals surface area contributed by atoms with Crippen LogP contribution in [0.1, 0.15) is 18.1 Å². The Morgan fingerprint density at radius 1 is 1.62 bits per heavy atom. The molecular formula is C8H13N3OS. The number of rotatable bonds is 3. The zero-order valence-electron chi connectivity index (χ0n) is 7.40. The lowest BCUT2D eigenvalue weighted by molar-refractivity contribution is 0.355. The van der Waals surface area contributed by atoms with Crippen LogP contribution in [0, 0.1) is 5.92 Å². The van der Waals surface area contributed by atoms with E-state index < -0.39 is 0 Å². The fourth-order valence-electron chi connectivity index (χ4n) is 1.45. The molecule has 1 aliphatic rings. The van der Waals surface area contributed by atoms with Crippen molar-refractivity contribution in [3.63, 3.8) is 0 Å². The van der Waals surface area contributed by atoms with E-state index >= 15 is 0 Å². The van der Waals surface area contributed by atoms with Crippen LogP contribution in [-0.4, -0.2) is 21.6 Å². The van der Waals surface area contributed by atoms with Crippen LogP contribution in [0.5, 0.6) is 0 Å². The first kappa shape index (κ1) is 9.02. The minimum atomic E-state index is 0.364. The van der Waals surface area contributed by atoms with Crippen LogP contribution in [0.25, 0.3) is 0 Å². The lowest BCUT2D eigenvalue weighted by Crippen LogP contribution is -2.03. The highest BCUT2D eigenvalue weighted by atomic mass is 32.2. The van der Waals surface area contributed by atoms with Gasteiger partial charge < -0.3 is 10.3 Å². The first-order valence-electron chi connectivity index (χ1n) is 4.47. The van der Waals surface area contributed by atoms with Gasteiger partial charge >= 0.3 is 0 Å². The monoisotopic (exact) mass is 199 g/mol. The van der Waals surface area contributed by atoms with Crippen molar-refractivity contribution in [2.45, 2.75) is 19.4 Å². The van der Waals surface area contributed by atoms with Gasteiger partial charge in [-0.05, 0) is 23.8 Å². The van der Waals surface area contributed by atoms with Crippen molar-refractivity contribution in [3.8, 4) is 0 Å². The summed E-state index contributed by atoms with van der Waals surface area (Å²) in [5.74, 6) is 4.56. The second kappa shape index (κ2) is 4.11. The molecule has 1 unspecified atom stereocenters. The first-order chi connectivity index (χ1) is 6.38. The second-order valence-corrected chi connectivity index (χ2v) is 4.39. The summed E-state index contributed by atoms with van der Waals surface area (Å²) in [6, 6.07) is 0. The quantitative estimate of drug-likeness (QED) is 0.781. The molecule has 5 heteroatoms. The van der Waals surface area contributed by atoms with Gasteiger partial charge in [0.1, 0.15) is 0 Å². The van der Waals surface area contributed by atoms with Gasteiger partial charge in [0, 0.05) is 6.42 Å². The third kappa shape index (κ3) is 2.22. The molecule has 2 heterocycles. The number of hydrogen-bond donors (Lipinski definition) is 1. The van der Waals surface area contributed by atoms with E-state index in [1.54, 1.807) is 0 Å². The van der Waals surface area contributed by atoms with Gasteiger partial charge in [0.05, 0.1) is 6.54 Å². The van der Waals surface area contributed by atoms with E-state index in [0.717, 1.165) is 18.2 Å². The molecule has 2 rings (SSSR count). The Bertz CT molecular complexity index is 270. The summed E-state index contributed by atoms with van der Waals surface area (Å²) in [7, 11) is 0. The molecule has 0 saturated carbocycles. The molecule has 0 amide bonds. The lowest BCUT2D eigenvalue weighted by atomic mass is 10.1. The van der Waals surface area contributed by atoms with Gasteiger partial charge in [0.25, 0.3) is 0 Å². The van der Waals surface area contributed by atoms with Gasteiger partial charge in [-0.3, -0.25) is 0 Å². The van der Waals surface area contributed by atoms with Gasteiger partial charge in [-0.15, -0.1) is 0 Å². The van der Waals surface area contributed by atoms with Crippen LogP contribution in [-0.2, 0) is 13.0 Å². The van der Waals surface area contributed by atoms with Crippen molar-refractivity contribution in [2.75, 3.05) is 11.5 Å². The SMILES string of the molecule is NCc1noc(CC2CCSC2)n1. The van der Waals surface area contributed by atoms with Crippen molar-refractivity contribution < 1.29 is 4.52 Å². The zero-order chi connectivity index (χ0) is 9.10. The molecule has 1 fully saturated rings. The van der Waals surface area contributed by atoms with Crippen LogP contribution in [0.4, 0.5) is 0 Å². The average Bonchev–Trinajstić information content (AvgIpc) is 2.76. The second-order valence-electron chi connectivity index (χ2n) is 3.24. The molecule has 1 aromatic rings. The maximum Gasteiger partial charge on any atom is 0.226 e. The van der Waals surface area contributed by atoms with E-state index in [9.17, 15) is 0 Å². The molecule has 0 bridgehead atoms. The van der Waals surface area contributed by atoms with E-state index in [1.807, 2.05) is 11.8 Å². The number of nitrogens with zero attached hydrogens (tertiary/aromatic N) is 2. The Morgan fingerprint density at radius 3 is 3.15 bits per heavy atom. The highest BCUT2D eigenvalue weighted by molar-refractivity contribution is 7.99. The Balaban J connectivity index is 1.92. The molecule has 1 aliphatic heterocycles. The van der Waals surface area contributed by atoms with Crippen molar-refractivity contribution in [3.05, 3.63) is 11.7 Å². The van der Waals surface area contributed by atoms with E-state index in [0.29, 0.717) is 12.4 Å². The topological polar surface area (TPSA) is 64.9 Å². The summed E-state index contributed by atoms with van der Waals surface area (Å²) < 4.78 is 5.07. The van der Waals surface area contributed by atoms with Crippen LogP contribution >= 0.6 is 11.8 Å². The lowest BCUT2D eigenvalue weighted by Gasteiger charge is -2.01. The van der Waals surface area contributed by atoms with E-state index in [2.05, 4.69) is 10.1 Å². The summed E-state index contributed by atoms with van der Waals surface area (Å²) in [6.07, 6.45) is 2.19. The minimum absolute atomic E-state index is 0.364. The molecule has 0 radical (unpaired) electrons. The van der Waals surface area contributed by atoms with Crippen molar-refractivity contribution in [2.24, 2.45) is 11.7 Å². The molecule has 1 saturated heterocycles. The van der Waals surface area contributed by atoms with Crippen LogP contribution in [0.2, 0.25) is 0 Å². The summed E-state index contributed by atoms with van der Waals surface area (Å²) in [6.45, 7) is 0.364. The van der Waals surface area contributed by atoms with Crippen LogP contribution in [0.3, 0.4) is 0 Å². The minimum Gasteiger partial charge on any atom is -0.339 e. The van der Waals surface area contributed by atoms with E-state index in [4.69, 9.17) is 10.3 Å². The first-order valence-corrected chi connectivity index (χ1v) is 5.63. The highest BCUT2D eigenvalue weighted by Gasteiger charge is 2.18. The summed E-state index contributed by atoms with van der Waals surface area (Å²) in [5.41, 5.74) is 5.38. The molecule has 0 spiro atoms. The molecule has 1 aromatic heterocycles. The Morgan fingerprint density at radius 2 is 2.54 bits per heavy atom. The molecule has 1 atom stereocenters. The van der Waals surface area contributed by atoms with Crippen LogP contribution in [0.15, 0.2) is 4.52 Å². The number of thioether (sulfide) groups is 1. The normalized spacial score (nSPS) is 22.4. The van der Waals surface area contributed by atoms with Gasteiger partial charge in [0.2, 0.25) is 5.89 Å². The maximum atomic E-state index is 5.38. The van der Waals surface area contributed by atoms with Crippen molar-refractivity contribution in [1.82, 2.24) is 10.1 Å². The summed E-state index contributed by atoms with van der Waals surface area (Å²) in [4.78, 5) is 4.18. The molecule has 13 heavy (non-hydrogen) atoms. The molecule has 0 aromatic carbocycles. The molecule has 2 N–H and O–H groups in total. The number of aromatic nitrogens is 2. The van der Waals surface area contributed by atoms with Gasteiger partial charge in [0.15, 0.2) is 5.82 Å². The largest absolute Gasteiger partial charge is 0.339 e. The predicted molar refractivity (Wildman–Crippen MR) is 51.3 cm³/mol. The maximum absolute atomic E-state index is 5.38. The Kier molecular flexibility index (Phi) is 2.85. The average molecular weight is 199 g/mol. The van der Waals surface area contributed by atoms with Gasteiger partial charge in [-0.25, -0.2) is 0 Å². The summed E-state index contributed by atoms with van der Waals surface area (Å²) >= 11 is 2.00. The fourth-order valence-corrected chi connectivity index (χ4v) is 2.73. The molecule has 72 valence electrons. The Hall–Kier alpha value is -0.550. The molecule has 4 nitrogen and oxygen atoms in total. The fraction of sp³-hybridized carbons (Fsp3) is 0.750. The third-order valence-electron chi connectivity index (χ3n) is 2.18. The van der Waals surface area contributed by atoms with Crippen molar-refractivity contribution >= 4 is 11.8 Å².